The molecule has 0 radical (unpaired) electrons. The summed E-state index contributed by atoms with van der Waals surface area (Å²) in [5, 5.41) is 0.234. The normalized spacial score (nSPS) is 16.4. The smallest absolute Gasteiger partial charge is 0.228 e. The molecule has 0 saturated carbocycles. The second-order valence-corrected chi connectivity index (χ2v) is 3.54. The Bertz CT molecular complexity index is 383. The summed E-state index contributed by atoms with van der Waals surface area (Å²) >= 11 is 5.55. The number of rotatable bonds is 1. The van der Waals surface area contributed by atoms with E-state index in [-0.39, 0.29) is 16.7 Å². The molecular weight excluding hydrogens is 207 g/mol. The molecule has 0 aromatic carbocycles. The van der Waals surface area contributed by atoms with Crippen molar-refractivity contribution in [3.63, 3.8) is 0 Å². The van der Waals surface area contributed by atoms with Gasteiger partial charge in [0.05, 0.1) is 5.02 Å². The second-order valence-electron chi connectivity index (χ2n) is 3.11. The van der Waals surface area contributed by atoms with Gasteiger partial charge >= 0.3 is 0 Å². The van der Waals surface area contributed by atoms with E-state index >= 15 is 0 Å². The van der Waals surface area contributed by atoms with E-state index in [1.807, 2.05) is 0 Å². The van der Waals surface area contributed by atoms with Crippen LogP contribution in [0.1, 0.15) is 12.8 Å². The van der Waals surface area contributed by atoms with Gasteiger partial charge in [-0.3, -0.25) is 9.69 Å². The third kappa shape index (κ3) is 1.57. The van der Waals surface area contributed by atoms with Crippen LogP contribution in [0.25, 0.3) is 0 Å². The summed E-state index contributed by atoms with van der Waals surface area (Å²) in [6, 6.07) is 1.16. The molecule has 0 bridgehead atoms. The highest BCUT2D eigenvalue weighted by molar-refractivity contribution is 6.30. The summed E-state index contributed by atoms with van der Waals surface area (Å²) in [4.78, 5) is 16.5. The van der Waals surface area contributed by atoms with E-state index < -0.39 is 5.82 Å². The monoisotopic (exact) mass is 214 g/mol. The molecule has 5 heteroatoms. The van der Waals surface area contributed by atoms with Crippen LogP contribution in [-0.2, 0) is 4.79 Å². The molecule has 0 spiro atoms. The second kappa shape index (κ2) is 3.53. The van der Waals surface area contributed by atoms with Crippen molar-refractivity contribution in [1.29, 1.82) is 0 Å². The molecule has 0 aliphatic carbocycles. The average Bonchev–Trinajstić information content (AvgIpc) is 2.52. The average molecular weight is 215 g/mol. The van der Waals surface area contributed by atoms with Crippen LogP contribution in [0.4, 0.5) is 10.2 Å². The topological polar surface area (TPSA) is 33.2 Å². The summed E-state index contributed by atoms with van der Waals surface area (Å²) in [6.07, 6.45) is 2.55. The molecular formula is C9H8ClFN2O. The van der Waals surface area contributed by atoms with E-state index in [1.54, 1.807) is 0 Å². The first kappa shape index (κ1) is 9.40. The number of anilines is 1. The Morgan fingerprint density at radius 1 is 1.57 bits per heavy atom. The third-order valence-corrected chi connectivity index (χ3v) is 2.32. The van der Waals surface area contributed by atoms with Gasteiger partial charge in [-0.2, -0.15) is 0 Å². The van der Waals surface area contributed by atoms with Crippen LogP contribution in [0, 0.1) is 5.82 Å². The predicted octanol–water partition coefficient (Wildman–Crippen LogP) is 2.00. The van der Waals surface area contributed by atoms with Crippen LogP contribution >= 0.6 is 11.6 Å². The highest BCUT2D eigenvalue weighted by Gasteiger charge is 2.25. The van der Waals surface area contributed by atoms with Crippen LogP contribution in [0.5, 0.6) is 0 Å². The van der Waals surface area contributed by atoms with Crippen molar-refractivity contribution < 1.29 is 9.18 Å². The molecule has 2 heterocycles. The number of amides is 1. The first-order chi connectivity index (χ1) is 6.68. The van der Waals surface area contributed by atoms with Crippen LogP contribution in [-0.4, -0.2) is 17.4 Å². The van der Waals surface area contributed by atoms with Crippen molar-refractivity contribution in [1.82, 2.24) is 4.98 Å². The number of hydrogen-bond acceptors (Lipinski definition) is 2. The molecule has 14 heavy (non-hydrogen) atoms. The van der Waals surface area contributed by atoms with Gasteiger partial charge in [0, 0.05) is 19.2 Å². The quantitative estimate of drug-likeness (QED) is 0.717. The molecule has 1 aliphatic rings. The van der Waals surface area contributed by atoms with Gasteiger partial charge in [0.1, 0.15) is 0 Å². The van der Waals surface area contributed by atoms with Crippen molar-refractivity contribution in [3.8, 4) is 0 Å². The van der Waals surface area contributed by atoms with Crippen molar-refractivity contribution in [2.75, 3.05) is 11.4 Å². The van der Waals surface area contributed by atoms with Gasteiger partial charge < -0.3 is 0 Å². The fraction of sp³-hybridized carbons (Fsp3) is 0.333. The maximum Gasteiger partial charge on any atom is 0.228 e. The molecule has 1 saturated heterocycles. The number of halogens is 2. The number of aromatic nitrogens is 1. The van der Waals surface area contributed by atoms with Crippen molar-refractivity contribution in [3.05, 3.63) is 23.1 Å². The summed E-state index contributed by atoms with van der Waals surface area (Å²) < 4.78 is 13.3. The lowest BCUT2D eigenvalue weighted by Crippen LogP contribution is -2.25. The lowest BCUT2D eigenvalue weighted by molar-refractivity contribution is -0.117. The number of carbonyl (C=O) groups excluding carboxylic acids is 1. The Hall–Kier alpha value is -1.16. The largest absolute Gasteiger partial charge is 0.294 e. The zero-order valence-electron chi connectivity index (χ0n) is 7.33. The highest BCUT2D eigenvalue weighted by Crippen LogP contribution is 2.23. The Morgan fingerprint density at radius 3 is 2.93 bits per heavy atom. The Labute approximate surface area is 85.5 Å². The Kier molecular flexibility index (Phi) is 2.37. The molecule has 0 atom stereocenters. The first-order valence-electron chi connectivity index (χ1n) is 4.30. The molecule has 2 rings (SSSR count). The molecule has 0 N–H and O–H groups in total. The Balaban J connectivity index is 2.36. The summed E-state index contributed by atoms with van der Waals surface area (Å²) in [5.41, 5.74) is 0. The number of hydrogen-bond donors (Lipinski definition) is 0. The first-order valence-corrected chi connectivity index (χ1v) is 4.67. The van der Waals surface area contributed by atoms with E-state index in [1.165, 1.54) is 11.1 Å². The van der Waals surface area contributed by atoms with Gasteiger partial charge in [0.25, 0.3) is 0 Å². The minimum absolute atomic E-state index is 0.0805. The van der Waals surface area contributed by atoms with E-state index in [2.05, 4.69) is 4.98 Å². The van der Waals surface area contributed by atoms with Gasteiger partial charge in [-0.05, 0) is 12.5 Å². The fourth-order valence-electron chi connectivity index (χ4n) is 1.48. The van der Waals surface area contributed by atoms with Crippen LogP contribution in [0.2, 0.25) is 5.02 Å². The van der Waals surface area contributed by atoms with Gasteiger partial charge in [0.15, 0.2) is 11.6 Å². The van der Waals surface area contributed by atoms with Crippen molar-refractivity contribution in [2.24, 2.45) is 0 Å². The maximum atomic E-state index is 13.3. The van der Waals surface area contributed by atoms with Gasteiger partial charge in [-0.1, -0.05) is 11.6 Å². The maximum absolute atomic E-state index is 13.3. The number of carbonyl (C=O) groups is 1. The van der Waals surface area contributed by atoms with Gasteiger partial charge in [-0.25, -0.2) is 9.37 Å². The summed E-state index contributed by atoms with van der Waals surface area (Å²) in [7, 11) is 0. The standard InChI is InChI=1S/C9H8ClFN2O/c10-6-4-7(11)9(12-5-6)13-3-1-2-8(13)14/h4-5H,1-3H2. The molecule has 1 aliphatic heterocycles. The van der Waals surface area contributed by atoms with Crippen LogP contribution < -0.4 is 4.90 Å². The zero-order valence-corrected chi connectivity index (χ0v) is 8.09. The molecule has 1 fully saturated rings. The number of pyridine rings is 1. The van der Waals surface area contributed by atoms with Crippen molar-refractivity contribution in [2.45, 2.75) is 12.8 Å². The van der Waals surface area contributed by atoms with E-state index in [9.17, 15) is 9.18 Å². The molecule has 74 valence electrons. The summed E-state index contributed by atoms with van der Waals surface area (Å²) in [6.45, 7) is 0.532. The molecule has 0 unspecified atom stereocenters. The minimum Gasteiger partial charge on any atom is -0.294 e. The third-order valence-electron chi connectivity index (χ3n) is 2.12. The molecule has 1 amide bonds. The number of nitrogens with zero attached hydrogens (tertiary/aromatic N) is 2. The highest BCUT2D eigenvalue weighted by atomic mass is 35.5. The van der Waals surface area contributed by atoms with Crippen molar-refractivity contribution >= 4 is 23.3 Å². The van der Waals surface area contributed by atoms with E-state index in [0.29, 0.717) is 13.0 Å². The summed E-state index contributed by atoms with van der Waals surface area (Å²) in [5.74, 6) is -0.552. The molecule has 1 aromatic rings. The molecule has 3 nitrogen and oxygen atoms in total. The van der Waals surface area contributed by atoms with Gasteiger partial charge in [0.2, 0.25) is 5.91 Å². The minimum atomic E-state index is -0.548. The van der Waals surface area contributed by atoms with E-state index in [0.717, 1.165) is 12.5 Å². The fourth-order valence-corrected chi connectivity index (χ4v) is 1.62. The zero-order chi connectivity index (χ0) is 10.1. The Morgan fingerprint density at radius 2 is 2.36 bits per heavy atom. The predicted molar refractivity (Wildman–Crippen MR) is 50.8 cm³/mol. The lowest BCUT2D eigenvalue weighted by atomic mass is 10.4. The van der Waals surface area contributed by atoms with E-state index in [4.69, 9.17) is 11.6 Å². The SMILES string of the molecule is O=C1CCCN1c1ncc(Cl)cc1F. The van der Waals surface area contributed by atoms with Gasteiger partial charge in [-0.15, -0.1) is 0 Å². The van der Waals surface area contributed by atoms with Crippen LogP contribution in [0.15, 0.2) is 12.3 Å². The van der Waals surface area contributed by atoms with Crippen LogP contribution in [0.3, 0.4) is 0 Å². The molecule has 1 aromatic heterocycles. The lowest BCUT2D eigenvalue weighted by Gasteiger charge is -2.14.